The van der Waals surface area contributed by atoms with Crippen molar-refractivity contribution in [2.24, 2.45) is 0 Å². The lowest BCUT2D eigenvalue weighted by Gasteiger charge is -2.34. The number of pyridine rings is 1. The molecule has 1 amide bonds. The number of anilines is 1. The highest BCUT2D eigenvalue weighted by atomic mass is 19.1. The van der Waals surface area contributed by atoms with Crippen molar-refractivity contribution in [2.45, 2.75) is 31.7 Å². The molecule has 33 heavy (non-hydrogen) atoms. The van der Waals surface area contributed by atoms with Crippen LogP contribution in [0.5, 0.6) is 0 Å². The van der Waals surface area contributed by atoms with Crippen molar-refractivity contribution in [1.82, 2.24) is 10.3 Å². The van der Waals surface area contributed by atoms with Gasteiger partial charge in [0.25, 0.3) is 5.91 Å². The highest BCUT2D eigenvalue weighted by molar-refractivity contribution is 5.95. The van der Waals surface area contributed by atoms with Gasteiger partial charge in [0.2, 0.25) is 0 Å². The Morgan fingerprint density at radius 2 is 1.85 bits per heavy atom. The van der Waals surface area contributed by atoms with E-state index in [0.717, 1.165) is 31.1 Å². The summed E-state index contributed by atoms with van der Waals surface area (Å²) in [6.45, 7) is 3.94. The summed E-state index contributed by atoms with van der Waals surface area (Å²) >= 11 is 0. The molecule has 7 heteroatoms. The number of aliphatic hydroxyl groups excluding tert-OH is 1. The topological polar surface area (TPSA) is 97.5 Å². The summed E-state index contributed by atoms with van der Waals surface area (Å²) < 4.78 is 20.3. The van der Waals surface area contributed by atoms with E-state index in [9.17, 15) is 9.18 Å². The van der Waals surface area contributed by atoms with Crippen molar-refractivity contribution < 1.29 is 19.0 Å². The predicted molar refractivity (Wildman–Crippen MR) is 127 cm³/mol. The second-order valence-electron chi connectivity index (χ2n) is 8.19. The molecule has 4 N–H and O–H groups in total. The third-order valence-electron chi connectivity index (χ3n) is 6.03. The second-order valence-corrected chi connectivity index (χ2v) is 8.19. The lowest BCUT2D eigenvalue weighted by Crippen LogP contribution is -2.30. The molecule has 1 saturated heterocycles. The van der Waals surface area contributed by atoms with Crippen LogP contribution in [0, 0.1) is 5.82 Å². The maximum absolute atomic E-state index is 14.8. The van der Waals surface area contributed by atoms with E-state index in [0.29, 0.717) is 36.7 Å². The standard InChI is InChI=1S/C25H26FN3O2.CH4O/c1-25(9-11-31-12-10-25)19-14-21(23(27)28-16-19)18-7-8-20(22(26)13-18)24(30)29-15-17-5-3-2-4-6-17;1-2/h2-8,13-14,16H,9-12,15H2,1H3,(H2,27,28)(H,29,30);2H,1H3. The normalized spacial score (nSPS) is 14.7. The van der Waals surface area contributed by atoms with Crippen LogP contribution in [0.3, 0.4) is 0 Å². The Morgan fingerprint density at radius 3 is 2.52 bits per heavy atom. The SMILES string of the molecule is CC1(c2cnc(N)c(-c3ccc(C(=O)NCc4ccccc4)c(F)c3)c2)CCOCC1.CO. The zero-order chi connectivity index (χ0) is 23.8. The van der Waals surface area contributed by atoms with Gasteiger partial charge in [-0.2, -0.15) is 0 Å². The number of rotatable bonds is 5. The van der Waals surface area contributed by atoms with Crippen LogP contribution in [0.2, 0.25) is 0 Å². The zero-order valence-corrected chi connectivity index (χ0v) is 19.0. The molecule has 1 aliphatic rings. The minimum Gasteiger partial charge on any atom is -0.400 e. The first-order chi connectivity index (χ1) is 16.0. The molecule has 0 aliphatic carbocycles. The summed E-state index contributed by atoms with van der Waals surface area (Å²) in [6, 6.07) is 16.0. The molecule has 2 heterocycles. The van der Waals surface area contributed by atoms with E-state index < -0.39 is 11.7 Å². The Balaban J connectivity index is 0.00000149. The number of hydrogen-bond donors (Lipinski definition) is 3. The molecule has 2 aromatic carbocycles. The summed E-state index contributed by atoms with van der Waals surface area (Å²) in [5, 5.41) is 9.76. The smallest absolute Gasteiger partial charge is 0.254 e. The number of aliphatic hydroxyl groups is 1. The minimum atomic E-state index is -0.592. The number of aromatic nitrogens is 1. The molecule has 3 aromatic rings. The number of nitrogen functional groups attached to an aromatic ring is 1. The van der Waals surface area contributed by atoms with Crippen LogP contribution in [0.15, 0.2) is 60.8 Å². The monoisotopic (exact) mass is 451 g/mol. The van der Waals surface area contributed by atoms with Crippen LogP contribution in [0.4, 0.5) is 10.2 Å². The number of amides is 1. The van der Waals surface area contributed by atoms with Gasteiger partial charge < -0.3 is 20.9 Å². The maximum Gasteiger partial charge on any atom is 0.254 e. The van der Waals surface area contributed by atoms with E-state index in [1.165, 1.54) is 12.1 Å². The Labute approximate surface area is 193 Å². The quantitative estimate of drug-likeness (QED) is 0.543. The first kappa shape index (κ1) is 24.4. The summed E-state index contributed by atoms with van der Waals surface area (Å²) in [5.41, 5.74) is 9.34. The number of hydrogen-bond acceptors (Lipinski definition) is 5. The van der Waals surface area contributed by atoms with E-state index in [-0.39, 0.29) is 11.0 Å². The fourth-order valence-corrected chi connectivity index (χ4v) is 3.89. The molecule has 4 rings (SSSR count). The molecule has 0 atom stereocenters. The van der Waals surface area contributed by atoms with E-state index in [4.69, 9.17) is 15.6 Å². The number of ether oxygens (including phenoxy) is 1. The first-order valence-corrected chi connectivity index (χ1v) is 10.9. The highest BCUT2D eigenvalue weighted by Crippen LogP contribution is 2.37. The van der Waals surface area contributed by atoms with Gasteiger partial charge in [-0.3, -0.25) is 4.79 Å². The molecule has 174 valence electrons. The average Bonchev–Trinajstić information content (AvgIpc) is 2.85. The summed E-state index contributed by atoms with van der Waals surface area (Å²) in [6.07, 6.45) is 3.59. The van der Waals surface area contributed by atoms with Crippen molar-refractivity contribution >= 4 is 11.7 Å². The van der Waals surface area contributed by atoms with E-state index in [2.05, 4.69) is 17.2 Å². The number of halogens is 1. The predicted octanol–water partition coefficient (Wildman–Crippen LogP) is 4.08. The van der Waals surface area contributed by atoms with Crippen LogP contribution in [-0.2, 0) is 16.7 Å². The largest absolute Gasteiger partial charge is 0.400 e. The minimum absolute atomic E-state index is 0.00115. The van der Waals surface area contributed by atoms with E-state index in [1.54, 1.807) is 12.3 Å². The van der Waals surface area contributed by atoms with Crippen molar-refractivity contribution in [1.29, 1.82) is 0 Å². The number of nitrogens with zero attached hydrogens (tertiary/aromatic N) is 1. The zero-order valence-electron chi connectivity index (χ0n) is 19.0. The van der Waals surface area contributed by atoms with E-state index >= 15 is 0 Å². The van der Waals surface area contributed by atoms with Crippen LogP contribution in [-0.4, -0.2) is 36.3 Å². The van der Waals surface area contributed by atoms with Crippen molar-refractivity contribution in [2.75, 3.05) is 26.1 Å². The third-order valence-corrected chi connectivity index (χ3v) is 6.03. The lowest BCUT2D eigenvalue weighted by molar-refractivity contribution is 0.0563. The molecular formula is C26H30FN3O3. The van der Waals surface area contributed by atoms with E-state index in [1.807, 2.05) is 36.4 Å². The van der Waals surface area contributed by atoms with Gasteiger partial charge in [-0.05, 0) is 53.1 Å². The summed E-state index contributed by atoms with van der Waals surface area (Å²) in [5.74, 6) is -0.715. The molecule has 1 fully saturated rings. The number of carbonyl (C=O) groups is 1. The Kier molecular flexibility index (Phi) is 8.14. The number of nitrogens with one attached hydrogen (secondary N) is 1. The van der Waals surface area contributed by atoms with Gasteiger partial charge in [0.15, 0.2) is 0 Å². The van der Waals surface area contributed by atoms with Crippen LogP contribution in [0.25, 0.3) is 11.1 Å². The van der Waals surface area contributed by atoms with Gasteiger partial charge in [-0.15, -0.1) is 0 Å². The Hall–Kier alpha value is -3.29. The van der Waals surface area contributed by atoms with Gasteiger partial charge in [-0.1, -0.05) is 43.3 Å². The third kappa shape index (κ3) is 5.74. The molecular weight excluding hydrogens is 421 g/mol. The molecule has 0 unspecified atom stereocenters. The molecule has 0 radical (unpaired) electrons. The number of carbonyl (C=O) groups excluding carboxylic acids is 1. The number of nitrogens with two attached hydrogens (primary N) is 1. The average molecular weight is 452 g/mol. The summed E-state index contributed by atoms with van der Waals surface area (Å²) in [7, 11) is 1.00. The molecule has 1 aromatic heterocycles. The van der Waals surface area contributed by atoms with Gasteiger partial charge in [0.05, 0.1) is 5.56 Å². The van der Waals surface area contributed by atoms with Gasteiger partial charge in [-0.25, -0.2) is 9.37 Å². The summed E-state index contributed by atoms with van der Waals surface area (Å²) in [4.78, 5) is 16.8. The Morgan fingerprint density at radius 1 is 1.15 bits per heavy atom. The molecule has 0 spiro atoms. The lowest BCUT2D eigenvalue weighted by atomic mass is 9.76. The fourth-order valence-electron chi connectivity index (χ4n) is 3.89. The molecule has 0 bridgehead atoms. The Bertz CT molecular complexity index is 1080. The van der Waals surface area contributed by atoms with Crippen LogP contribution >= 0.6 is 0 Å². The first-order valence-electron chi connectivity index (χ1n) is 10.9. The molecule has 1 aliphatic heterocycles. The molecule has 6 nitrogen and oxygen atoms in total. The van der Waals surface area contributed by atoms with Crippen molar-refractivity contribution in [3.8, 4) is 11.1 Å². The van der Waals surface area contributed by atoms with Gasteiger partial charge >= 0.3 is 0 Å². The van der Waals surface area contributed by atoms with Crippen LogP contribution < -0.4 is 11.1 Å². The van der Waals surface area contributed by atoms with Crippen molar-refractivity contribution in [3.63, 3.8) is 0 Å². The van der Waals surface area contributed by atoms with Crippen LogP contribution in [0.1, 0.15) is 41.3 Å². The highest BCUT2D eigenvalue weighted by Gasteiger charge is 2.30. The fraction of sp³-hybridized carbons (Fsp3) is 0.308. The van der Waals surface area contributed by atoms with Crippen molar-refractivity contribution in [3.05, 3.63) is 83.3 Å². The van der Waals surface area contributed by atoms with Gasteiger partial charge in [0, 0.05) is 38.6 Å². The number of benzene rings is 2. The maximum atomic E-state index is 14.8. The second kappa shape index (κ2) is 11.0. The molecule has 0 saturated carbocycles. The van der Waals surface area contributed by atoms with Gasteiger partial charge in [0.1, 0.15) is 11.6 Å².